The van der Waals surface area contributed by atoms with Crippen LogP contribution in [0.25, 0.3) is 10.8 Å². The van der Waals surface area contributed by atoms with Gasteiger partial charge in [0.1, 0.15) is 12.6 Å². The number of carbonyl (C=O) groups is 1. The van der Waals surface area contributed by atoms with Gasteiger partial charge in [-0.15, -0.1) is 0 Å². The molecular formula is C26H23NO4S. The Bertz CT molecular complexity index is 1330. The molecule has 0 unspecified atom stereocenters. The van der Waals surface area contributed by atoms with E-state index in [1.807, 2.05) is 67.6 Å². The fourth-order valence-electron chi connectivity index (χ4n) is 3.39. The van der Waals surface area contributed by atoms with Crippen LogP contribution in [0.4, 0.5) is 0 Å². The molecule has 0 fully saturated rings. The Balaban J connectivity index is 1.66. The van der Waals surface area contributed by atoms with Gasteiger partial charge in [0.2, 0.25) is 10.0 Å². The minimum absolute atomic E-state index is 0.0516. The quantitative estimate of drug-likeness (QED) is 0.410. The number of hydrogen-bond acceptors (Lipinski definition) is 4. The van der Waals surface area contributed by atoms with Gasteiger partial charge in [0.15, 0.2) is 0 Å². The van der Waals surface area contributed by atoms with Crippen molar-refractivity contribution in [2.24, 2.45) is 0 Å². The summed E-state index contributed by atoms with van der Waals surface area (Å²) in [5, 5.41) is 1.90. The van der Waals surface area contributed by atoms with Crippen molar-refractivity contribution in [1.29, 1.82) is 0 Å². The minimum atomic E-state index is -3.96. The molecule has 32 heavy (non-hydrogen) atoms. The molecule has 4 aromatic carbocycles. The second-order valence-electron chi connectivity index (χ2n) is 7.57. The molecule has 0 saturated heterocycles. The van der Waals surface area contributed by atoms with E-state index in [9.17, 15) is 13.2 Å². The summed E-state index contributed by atoms with van der Waals surface area (Å²) >= 11 is 0. The fraction of sp³-hybridized carbons (Fsp3) is 0.115. The first-order valence-electron chi connectivity index (χ1n) is 10.2. The standard InChI is InChI=1S/C26H23NO4S/c1-19-11-15-24(16-12-19)32(29,30)27-25(26(28)31-18-20-7-3-2-4-8-20)23-14-13-21-9-5-6-10-22(21)17-23/h2-17,25,27H,18H2,1H3/t25-/m0/s1. The van der Waals surface area contributed by atoms with E-state index >= 15 is 0 Å². The Morgan fingerprint density at radius 3 is 2.22 bits per heavy atom. The second-order valence-corrected chi connectivity index (χ2v) is 9.28. The summed E-state index contributed by atoms with van der Waals surface area (Å²) in [6.45, 7) is 1.93. The molecule has 6 heteroatoms. The molecule has 0 aliphatic carbocycles. The molecule has 4 aromatic rings. The van der Waals surface area contributed by atoms with Gasteiger partial charge in [0.05, 0.1) is 4.90 Å². The third-order valence-electron chi connectivity index (χ3n) is 5.17. The zero-order valence-corrected chi connectivity index (χ0v) is 18.4. The van der Waals surface area contributed by atoms with Gasteiger partial charge in [-0.05, 0) is 47.0 Å². The van der Waals surface area contributed by atoms with Gasteiger partial charge in [0, 0.05) is 0 Å². The minimum Gasteiger partial charge on any atom is -0.459 e. The Morgan fingerprint density at radius 1 is 0.844 bits per heavy atom. The maximum absolute atomic E-state index is 13.1. The fourth-order valence-corrected chi connectivity index (χ4v) is 4.57. The van der Waals surface area contributed by atoms with Crippen LogP contribution in [-0.2, 0) is 26.2 Å². The molecule has 1 atom stereocenters. The van der Waals surface area contributed by atoms with Crippen molar-refractivity contribution in [3.8, 4) is 0 Å². The number of fused-ring (bicyclic) bond motifs is 1. The van der Waals surface area contributed by atoms with E-state index in [-0.39, 0.29) is 11.5 Å². The van der Waals surface area contributed by atoms with Crippen LogP contribution < -0.4 is 4.72 Å². The molecule has 162 valence electrons. The molecule has 4 rings (SSSR count). The average molecular weight is 446 g/mol. The molecule has 1 N–H and O–H groups in total. The van der Waals surface area contributed by atoms with Crippen molar-refractivity contribution in [3.05, 3.63) is 114 Å². The van der Waals surface area contributed by atoms with Gasteiger partial charge in [-0.1, -0.05) is 84.4 Å². The van der Waals surface area contributed by atoms with Crippen molar-refractivity contribution < 1.29 is 17.9 Å². The summed E-state index contributed by atoms with van der Waals surface area (Å²) < 4.78 is 34.1. The number of benzene rings is 4. The Kier molecular flexibility index (Phi) is 6.35. The van der Waals surface area contributed by atoms with Crippen molar-refractivity contribution in [2.75, 3.05) is 0 Å². The Labute approximate surface area is 187 Å². The number of nitrogens with one attached hydrogen (secondary N) is 1. The molecule has 0 aromatic heterocycles. The van der Waals surface area contributed by atoms with Gasteiger partial charge in [-0.2, -0.15) is 4.72 Å². The second kappa shape index (κ2) is 9.34. The summed E-state index contributed by atoms with van der Waals surface area (Å²) in [6, 6.07) is 27.6. The lowest BCUT2D eigenvalue weighted by Crippen LogP contribution is -2.35. The van der Waals surface area contributed by atoms with E-state index in [0.717, 1.165) is 21.9 Å². The van der Waals surface area contributed by atoms with Crippen LogP contribution in [-0.4, -0.2) is 14.4 Å². The van der Waals surface area contributed by atoms with E-state index in [4.69, 9.17) is 4.74 Å². The van der Waals surface area contributed by atoms with Crippen molar-refractivity contribution >= 4 is 26.8 Å². The summed E-state index contributed by atoms with van der Waals surface area (Å²) in [5.41, 5.74) is 2.27. The maximum Gasteiger partial charge on any atom is 0.329 e. The largest absolute Gasteiger partial charge is 0.459 e. The van der Waals surface area contributed by atoms with Crippen molar-refractivity contribution in [1.82, 2.24) is 4.72 Å². The van der Waals surface area contributed by atoms with Crippen LogP contribution in [0.2, 0.25) is 0 Å². The van der Waals surface area contributed by atoms with Crippen molar-refractivity contribution in [2.45, 2.75) is 24.5 Å². The molecule has 0 spiro atoms. The summed E-state index contributed by atoms with van der Waals surface area (Å²) in [7, 11) is -3.96. The highest BCUT2D eigenvalue weighted by molar-refractivity contribution is 7.89. The number of carbonyl (C=O) groups excluding carboxylic acids is 1. The third kappa shape index (κ3) is 5.04. The lowest BCUT2D eigenvalue weighted by atomic mass is 10.0. The van der Waals surface area contributed by atoms with Crippen LogP contribution in [0.5, 0.6) is 0 Å². The first-order valence-corrected chi connectivity index (χ1v) is 11.7. The van der Waals surface area contributed by atoms with Crippen LogP contribution in [0.15, 0.2) is 102 Å². The highest BCUT2D eigenvalue weighted by Crippen LogP contribution is 2.24. The number of ether oxygens (including phenoxy) is 1. The van der Waals surface area contributed by atoms with Gasteiger partial charge in [-0.25, -0.2) is 13.2 Å². The molecule has 0 heterocycles. The molecular weight excluding hydrogens is 422 g/mol. The first-order chi connectivity index (χ1) is 15.4. The molecule has 5 nitrogen and oxygen atoms in total. The zero-order valence-electron chi connectivity index (χ0n) is 17.6. The van der Waals surface area contributed by atoms with Gasteiger partial charge in [0.25, 0.3) is 0 Å². The number of esters is 1. The molecule has 0 aliphatic heterocycles. The summed E-state index contributed by atoms with van der Waals surface area (Å²) in [6.07, 6.45) is 0. The average Bonchev–Trinajstić information content (AvgIpc) is 2.81. The lowest BCUT2D eigenvalue weighted by molar-refractivity contribution is -0.147. The van der Waals surface area contributed by atoms with Gasteiger partial charge < -0.3 is 4.74 Å². The molecule has 0 saturated carbocycles. The Hall–Kier alpha value is -3.48. The van der Waals surface area contributed by atoms with E-state index in [1.165, 1.54) is 12.1 Å². The zero-order chi connectivity index (χ0) is 22.6. The summed E-state index contributed by atoms with van der Waals surface area (Å²) in [4.78, 5) is 13.2. The highest BCUT2D eigenvalue weighted by atomic mass is 32.2. The first kappa shape index (κ1) is 21.7. The van der Waals surface area contributed by atoms with Crippen LogP contribution >= 0.6 is 0 Å². The van der Waals surface area contributed by atoms with Crippen LogP contribution in [0.1, 0.15) is 22.7 Å². The van der Waals surface area contributed by atoms with Gasteiger partial charge in [-0.3, -0.25) is 0 Å². The predicted molar refractivity (Wildman–Crippen MR) is 124 cm³/mol. The topological polar surface area (TPSA) is 72.5 Å². The van der Waals surface area contributed by atoms with Crippen LogP contribution in [0, 0.1) is 6.92 Å². The van der Waals surface area contributed by atoms with E-state index in [1.54, 1.807) is 24.3 Å². The number of hydrogen-bond donors (Lipinski definition) is 1. The normalized spacial score (nSPS) is 12.4. The molecule has 0 aliphatic rings. The Morgan fingerprint density at radius 2 is 1.50 bits per heavy atom. The smallest absolute Gasteiger partial charge is 0.329 e. The van der Waals surface area contributed by atoms with E-state index in [0.29, 0.717) is 5.56 Å². The third-order valence-corrected chi connectivity index (χ3v) is 6.61. The SMILES string of the molecule is Cc1ccc(S(=O)(=O)N[C@H](C(=O)OCc2ccccc2)c2ccc3ccccc3c2)cc1. The van der Waals surface area contributed by atoms with Crippen LogP contribution in [0.3, 0.4) is 0 Å². The number of aryl methyl sites for hydroxylation is 1. The predicted octanol–water partition coefficient (Wildman–Crippen LogP) is 4.91. The molecule has 0 bridgehead atoms. The highest BCUT2D eigenvalue weighted by Gasteiger charge is 2.29. The lowest BCUT2D eigenvalue weighted by Gasteiger charge is -2.19. The van der Waals surface area contributed by atoms with E-state index < -0.39 is 22.0 Å². The van der Waals surface area contributed by atoms with E-state index in [2.05, 4.69) is 4.72 Å². The maximum atomic E-state index is 13.1. The number of rotatable bonds is 7. The van der Waals surface area contributed by atoms with Gasteiger partial charge >= 0.3 is 5.97 Å². The number of sulfonamides is 1. The van der Waals surface area contributed by atoms with Crippen molar-refractivity contribution in [3.63, 3.8) is 0 Å². The molecule has 0 radical (unpaired) electrons. The molecule has 0 amide bonds. The summed E-state index contributed by atoms with van der Waals surface area (Å²) in [5.74, 6) is -0.667. The monoisotopic (exact) mass is 445 g/mol.